The van der Waals surface area contributed by atoms with Crippen LogP contribution < -0.4 is 23.7 Å². The fourth-order valence-corrected chi connectivity index (χ4v) is 3.47. The molecule has 0 amide bonds. The second-order valence-electron chi connectivity index (χ2n) is 6.00. The summed E-state index contributed by atoms with van der Waals surface area (Å²) in [6, 6.07) is 9.78. The van der Waals surface area contributed by atoms with Gasteiger partial charge in [0.1, 0.15) is 30.0 Å². The standard InChI is InChI=1S/C19H16O5/c1-2-5-20-11-3-4-12-15(6-11)21-9-14-13-7-17-18(23-10-22-17)8-16(13)24-19(12)14/h2-4,6-8,14,19H,1,5,9-10H2/t14-,19-/m0/s1. The van der Waals surface area contributed by atoms with Gasteiger partial charge in [0.15, 0.2) is 11.5 Å². The van der Waals surface area contributed by atoms with Crippen molar-refractivity contribution in [2.75, 3.05) is 20.0 Å². The molecule has 0 unspecified atom stereocenters. The van der Waals surface area contributed by atoms with E-state index >= 15 is 0 Å². The van der Waals surface area contributed by atoms with Gasteiger partial charge in [0.2, 0.25) is 6.79 Å². The molecule has 0 saturated carbocycles. The first kappa shape index (κ1) is 13.6. The van der Waals surface area contributed by atoms with Crippen LogP contribution in [0.1, 0.15) is 23.1 Å². The Labute approximate surface area is 139 Å². The summed E-state index contributed by atoms with van der Waals surface area (Å²) in [5, 5.41) is 0. The van der Waals surface area contributed by atoms with Crippen LogP contribution in [0.15, 0.2) is 43.0 Å². The summed E-state index contributed by atoms with van der Waals surface area (Å²) in [7, 11) is 0. The van der Waals surface area contributed by atoms with Crippen LogP contribution in [0.4, 0.5) is 0 Å². The first-order valence-corrected chi connectivity index (χ1v) is 7.94. The van der Waals surface area contributed by atoms with Gasteiger partial charge in [-0.25, -0.2) is 0 Å². The van der Waals surface area contributed by atoms with Crippen LogP contribution in [0.25, 0.3) is 0 Å². The SMILES string of the molecule is C=CCOc1ccc2c(c1)OC[C@H]1c3cc4c(cc3O[C@@H]21)OCO4. The minimum atomic E-state index is -0.0558. The van der Waals surface area contributed by atoms with Crippen LogP contribution in [-0.4, -0.2) is 20.0 Å². The normalized spacial score (nSPS) is 21.8. The maximum atomic E-state index is 6.21. The van der Waals surface area contributed by atoms with E-state index < -0.39 is 0 Å². The molecule has 3 aliphatic heterocycles. The molecule has 0 fully saturated rings. The van der Waals surface area contributed by atoms with Crippen LogP contribution in [0.5, 0.6) is 28.7 Å². The Bertz CT molecular complexity index is 829. The first-order valence-electron chi connectivity index (χ1n) is 7.94. The smallest absolute Gasteiger partial charge is 0.231 e. The molecule has 3 aliphatic rings. The lowest BCUT2D eigenvalue weighted by Gasteiger charge is -2.28. The summed E-state index contributed by atoms with van der Waals surface area (Å²) in [5.41, 5.74) is 2.15. The largest absolute Gasteiger partial charge is 0.492 e. The van der Waals surface area contributed by atoms with Crippen molar-refractivity contribution in [3.63, 3.8) is 0 Å². The summed E-state index contributed by atoms with van der Waals surface area (Å²) in [5.74, 6) is 4.09. The lowest BCUT2D eigenvalue weighted by Crippen LogP contribution is -2.23. The molecule has 2 atom stereocenters. The highest BCUT2D eigenvalue weighted by molar-refractivity contribution is 5.57. The molecule has 122 valence electrons. The van der Waals surface area contributed by atoms with Gasteiger partial charge < -0.3 is 23.7 Å². The van der Waals surface area contributed by atoms with Crippen molar-refractivity contribution in [1.82, 2.24) is 0 Å². The molecule has 0 radical (unpaired) electrons. The zero-order chi connectivity index (χ0) is 16.1. The molecule has 0 saturated heterocycles. The van der Waals surface area contributed by atoms with Gasteiger partial charge in [-0.15, -0.1) is 0 Å². The number of hydrogen-bond acceptors (Lipinski definition) is 5. The monoisotopic (exact) mass is 324 g/mol. The zero-order valence-electron chi connectivity index (χ0n) is 13.0. The molecule has 5 nitrogen and oxygen atoms in total. The molecule has 0 aliphatic carbocycles. The number of hydrogen-bond donors (Lipinski definition) is 0. The Kier molecular flexibility index (Phi) is 2.89. The van der Waals surface area contributed by atoms with Crippen LogP contribution in [0, 0.1) is 0 Å². The number of benzene rings is 2. The highest BCUT2D eigenvalue weighted by Gasteiger charge is 2.42. The highest BCUT2D eigenvalue weighted by Crippen LogP contribution is 2.54. The van der Waals surface area contributed by atoms with Crippen molar-refractivity contribution in [3.05, 3.63) is 54.1 Å². The molecule has 5 heteroatoms. The van der Waals surface area contributed by atoms with Crippen molar-refractivity contribution < 1.29 is 23.7 Å². The summed E-state index contributed by atoms with van der Waals surface area (Å²) >= 11 is 0. The molecular weight excluding hydrogens is 308 g/mol. The lowest BCUT2D eigenvalue weighted by atomic mass is 9.89. The molecule has 0 bridgehead atoms. The Morgan fingerprint density at radius 2 is 1.88 bits per heavy atom. The predicted molar refractivity (Wildman–Crippen MR) is 86.3 cm³/mol. The lowest BCUT2D eigenvalue weighted by molar-refractivity contribution is 0.138. The van der Waals surface area contributed by atoms with E-state index in [1.165, 1.54) is 0 Å². The second kappa shape index (κ2) is 5.09. The minimum Gasteiger partial charge on any atom is -0.492 e. The maximum absolute atomic E-state index is 6.21. The molecule has 3 heterocycles. The van der Waals surface area contributed by atoms with Crippen molar-refractivity contribution in [1.29, 1.82) is 0 Å². The number of fused-ring (bicyclic) bond motifs is 6. The number of ether oxygens (including phenoxy) is 5. The van der Waals surface area contributed by atoms with Gasteiger partial charge in [-0.1, -0.05) is 12.7 Å². The molecule has 5 rings (SSSR count). The summed E-state index contributed by atoms with van der Waals surface area (Å²) < 4.78 is 28.7. The topological polar surface area (TPSA) is 46.2 Å². The van der Waals surface area contributed by atoms with Gasteiger partial charge in [-0.3, -0.25) is 0 Å². The van der Waals surface area contributed by atoms with Crippen molar-refractivity contribution >= 4 is 0 Å². The zero-order valence-corrected chi connectivity index (χ0v) is 13.0. The van der Waals surface area contributed by atoms with E-state index in [9.17, 15) is 0 Å². The van der Waals surface area contributed by atoms with Crippen LogP contribution in [-0.2, 0) is 0 Å². The first-order chi connectivity index (χ1) is 11.8. The third-order valence-electron chi connectivity index (χ3n) is 4.60. The molecule has 24 heavy (non-hydrogen) atoms. The van der Waals surface area contributed by atoms with Crippen molar-refractivity contribution in [2.45, 2.75) is 12.0 Å². The summed E-state index contributed by atoms with van der Waals surface area (Å²) in [6.07, 6.45) is 1.66. The molecule has 2 aromatic carbocycles. The van der Waals surface area contributed by atoms with E-state index in [4.69, 9.17) is 23.7 Å². The Morgan fingerprint density at radius 1 is 1.00 bits per heavy atom. The van der Waals surface area contributed by atoms with E-state index in [-0.39, 0.29) is 18.8 Å². The summed E-state index contributed by atoms with van der Waals surface area (Å²) in [6.45, 7) is 4.96. The number of rotatable bonds is 3. The molecule has 0 N–H and O–H groups in total. The van der Waals surface area contributed by atoms with Gasteiger partial charge in [-0.05, 0) is 18.2 Å². The Balaban J connectivity index is 1.49. The predicted octanol–water partition coefficient (Wildman–Crippen LogP) is 3.59. The molecular formula is C19H16O5. The molecule has 0 aromatic heterocycles. The fraction of sp³-hybridized carbons (Fsp3) is 0.263. The third-order valence-corrected chi connectivity index (χ3v) is 4.60. The molecule has 0 spiro atoms. The van der Waals surface area contributed by atoms with E-state index in [0.29, 0.717) is 13.2 Å². The Morgan fingerprint density at radius 3 is 2.75 bits per heavy atom. The second-order valence-corrected chi connectivity index (χ2v) is 6.00. The Hall–Kier alpha value is -2.82. The van der Waals surface area contributed by atoms with Gasteiger partial charge in [-0.2, -0.15) is 0 Å². The van der Waals surface area contributed by atoms with Crippen LogP contribution in [0.2, 0.25) is 0 Å². The van der Waals surface area contributed by atoms with Gasteiger partial charge in [0.25, 0.3) is 0 Å². The van der Waals surface area contributed by atoms with E-state index in [1.54, 1.807) is 6.08 Å². The van der Waals surface area contributed by atoms with Crippen molar-refractivity contribution in [2.24, 2.45) is 0 Å². The van der Waals surface area contributed by atoms with E-state index in [1.807, 2.05) is 30.3 Å². The fourth-order valence-electron chi connectivity index (χ4n) is 3.47. The van der Waals surface area contributed by atoms with Gasteiger partial charge in [0.05, 0.1) is 12.5 Å². The molecule has 2 aromatic rings. The van der Waals surface area contributed by atoms with E-state index in [0.717, 1.165) is 39.9 Å². The summed E-state index contributed by atoms with van der Waals surface area (Å²) in [4.78, 5) is 0. The quantitative estimate of drug-likeness (QED) is 0.808. The minimum absolute atomic E-state index is 0.0558. The highest BCUT2D eigenvalue weighted by atomic mass is 16.7. The van der Waals surface area contributed by atoms with Crippen LogP contribution in [0.3, 0.4) is 0 Å². The van der Waals surface area contributed by atoms with Gasteiger partial charge in [0, 0.05) is 23.3 Å². The average molecular weight is 324 g/mol. The van der Waals surface area contributed by atoms with Crippen molar-refractivity contribution in [3.8, 4) is 28.7 Å². The van der Waals surface area contributed by atoms with Crippen LogP contribution >= 0.6 is 0 Å². The maximum Gasteiger partial charge on any atom is 0.231 e. The third kappa shape index (κ3) is 1.94. The van der Waals surface area contributed by atoms with E-state index in [2.05, 4.69) is 6.58 Å². The van der Waals surface area contributed by atoms with Gasteiger partial charge >= 0.3 is 0 Å². The average Bonchev–Trinajstić information content (AvgIpc) is 3.20.